The number of nitrogens with two attached hydrogens (primary N) is 1. The molecule has 2 heterocycles. The first-order valence-electron chi connectivity index (χ1n) is 7.34. The van der Waals surface area contributed by atoms with Crippen LogP contribution in [0.25, 0.3) is 10.9 Å². The summed E-state index contributed by atoms with van der Waals surface area (Å²) < 4.78 is 0. The van der Waals surface area contributed by atoms with E-state index in [1.165, 1.54) is 33.3 Å². The highest BCUT2D eigenvalue weighted by molar-refractivity contribution is 5.87. The second-order valence-electron chi connectivity index (χ2n) is 6.21. The van der Waals surface area contributed by atoms with Crippen LogP contribution in [0, 0.1) is 13.8 Å². The van der Waals surface area contributed by atoms with Gasteiger partial charge in [-0.2, -0.15) is 0 Å². The summed E-state index contributed by atoms with van der Waals surface area (Å²) in [5.41, 5.74) is 13.9. The van der Waals surface area contributed by atoms with Gasteiger partial charge in [-0.25, -0.2) is 0 Å². The lowest BCUT2D eigenvalue weighted by Crippen LogP contribution is -2.29. The van der Waals surface area contributed by atoms with Crippen molar-refractivity contribution in [3.63, 3.8) is 0 Å². The number of likely N-dealkylation sites (N-methyl/N-ethyl adjacent to an activating group) is 1. The summed E-state index contributed by atoms with van der Waals surface area (Å²) in [4.78, 5) is 7.30. The molecule has 106 valence electrons. The molecule has 0 radical (unpaired) electrons. The molecular formula is C17H23N3. The van der Waals surface area contributed by atoms with Crippen LogP contribution in [0.2, 0.25) is 0 Å². The van der Waals surface area contributed by atoms with Crippen molar-refractivity contribution in [2.45, 2.75) is 39.8 Å². The topological polar surface area (TPSA) is 42.1 Å². The Balaban J connectivity index is 2.39. The first-order chi connectivity index (χ1) is 9.47. The predicted octanol–water partition coefficient (Wildman–Crippen LogP) is 2.86. The monoisotopic (exact) mass is 269 g/mol. The maximum atomic E-state index is 6.30. The maximum absolute atomic E-state index is 6.30. The Morgan fingerprint density at radius 3 is 2.75 bits per heavy atom. The number of fused-ring (bicyclic) bond motifs is 2. The summed E-state index contributed by atoms with van der Waals surface area (Å²) in [6.07, 6.45) is 1.02. The molecule has 1 aliphatic rings. The van der Waals surface area contributed by atoms with Gasteiger partial charge < -0.3 is 10.6 Å². The molecule has 2 N–H and O–H groups in total. The summed E-state index contributed by atoms with van der Waals surface area (Å²) in [5.74, 6) is 0. The first kappa shape index (κ1) is 13.5. The average Bonchev–Trinajstić information content (AvgIpc) is 2.36. The third-order valence-electron chi connectivity index (χ3n) is 4.27. The Hall–Kier alpha value is -1.45. The minimum absolute atomic E-state index is 0.0435. The molecule has 3 nitrogen and oxygen atoms in total. The Kier molecular flexibility index (Phi) is 3.27. The van der Waals surface area contributed by atoms with Crippen LogP contribution >= 0.6 is 0 Å². The van der Waals surface area contributed by atoms with Crippen molar-refractivity contribution >= 4 is 10.9 Å². The van der Waals surface area contributed by atoms with Crippen molar-refractivity contribution in [2.75, 3.05) is 13.6 Å². The number of benzene rings is 1. The molecule has 3 rings (SSSR count). The molecule has 1 aliphatic heterocycles. The van der Waals surface area contributed by atoms with Gasteiger partial charge in [0, 0.05) is 36.6 Å². The highest BCUT2D eigenvalue weighted by Crippen LogP contribution is 2.33. The lowest BCUT2D eigenvalue weighted by molar-refractivity contribution is 0.308. The minimum Gasteiger partial charge on any atom is -0.324 e. The molecule has 0 amide bonds. The smallest absolute Gasteiger partial charge is 0.0738 e. The van der Waals surface area contributed by atoms with Crippen molar-refractivity contribution in [3.05, 3.63) is 40.1 Å². The molecule has 0 saturated carbocycles. The van der Waals surface area contributed by atoms with Crippen LogP contribution in [0.1, 0.15) is 40.9 Å². The number of hydrogen-bond donors (Lipinski definition) is 1. The fourth-order valence-electron chi connectivity index (χ4n) is 3.38. The normalized spacial score (nSPS) is 17.2. The molecule has 0 bridgehead atoms. The van der Waals surface area contributed by atoms with Crippen LogP contribution in [-0.4, -0.2) is 23.5 Å². The van der Waals surface area contributed by atoms with E-state index in [1.807, 2.05) is 0 Å². The van der Waals surface area contributed by atoms with E-state index >= 15 is 0 Å². The van der Waals surface area contributed by atoms with E-state index in [1.54, 1.807) is 0 Å². The number of aryl methyl sites for hydroxylation is 2. The van der Waals surface area contributed by atoms with Gasteiger partial charge in [0.2, 0.25) is 0 Å². The number of aromatic nitrogens is 1. The van der Waals surface area contributed by atoms with Gasteiger partial charge in [-0.15, -0.1) is 0 Å². The Morgan fingerprint density at radius 2 is 2.05 bits per heavy atom. The molecule has 1 atom stereocenters. The average molecular weight is 269 g/mol. The second-order valence-corrected chi connectivity index (χ2v) is 6.21. The zero-order valence-corrected chi connectivity index (χ0v) is 12.8. The number of nitrogens with zero attached hydrogens (tertiary/aromatic N) is 2. The summed E-state index contributed by atoms with van der Waals surface area (Å²) in [7, 11) is 2.17. The molecule has 3 heteroatoms. The molecule has 2 aromatic rings. The second kappa shape index (κ2) is 4.83. The van der Waals surface area contributed by atoms with Crippen molar-refractivity contribution in [1.82, 2.24) is 9.88 Å². The lowest BCUT2D eigenvalue weighted by Gasteiger charge is -2.29. The predicted molar refractivity (Wildman–Crippen MR) is 83.9 cm³/mol. The Morgan fingerprint density at radius 1 is 1.30 bits per heavy atom. The highest BCUT2D eigenvalue weighted by Gasteiger charge is 2.22. The zero-order chi connectivity index (χ0) is 14.4. The molecule has 0 aliphatic carbocycles. The molecule has 1 unspecified atom stereocenters. The number of rotatable bonds is 1. The lowest BCUT2D eigenvalue weighted by atomic mass is 9.90. The van der Waals surface area contributed by atoms with Gasteiger partial charge in [0.15, 0.2) is 0 Å². The molecule has 1 aromatic heterocycles. The Bertz CT molecular complexity index is 674. The van der Waals surface area contributed by atoms with E-state index in [2.05, 4.69) is 44.9 Å². The van der Waals surface area contributed by atoms with E-state index < -0.39 is 0 Å². The highest BCUT2D eigenvalue weighted by atomic mass is 15.1. The summed E-state index contributed by atoms with van der Waals surface area (Å²) in [6.45, 7) is 8.41. The van der Waals surface area contributed by atoms with Gasteiger partial charge in [-0.1, -0.05) is 11.6 Å². The number of hydrogen-bond acceptors (Lipinski definition) is 3. The SMILES string of the molecule is Cc1cc(C)c2nc3c(c(C(C)N)c2c1)CN(C)CC3. The summed E-state index contributed by atoms with van der Waals surface area (Å²) >= 11 is 0. The third-order valence-corrected chi connectivity index (χ3v) is 4.27. The van der Waals surface area contributed by atoms with Gasteiger partial charge in [0.05, 0.1) is 5.52 Å². The molecule has 0 fully saturated rings. The molecule has 20 heavy (non-hydrogen) atoms. The van der Waals surface area contributed by atoms with Crippen LogP contribution in [-0.2, 0) is 13.0 Å². The van der Waals surface area contributed by atoms with Gasteiger partial charge in [0.1, 0.15) is 0 Å². The van der Waals surface area contributed by atoms with Crippen molar-refractivity contribution in [3.8, 4) is 0 Å². The fraction of sp³-hybridized carbons (Fsp3) is 0.471. The number of pyridine rings is 1. The van der Waals surface area contributed by atoms with E-state index in [9.17, 15) is 0 Å². The van der Waals surface area contributed by atoms with E-state index in [4.69, 9.17) is 10.7 Å². The van der Waals surface area contributed by atoms with Gasteiger partial charge in [-0.05, 0) is 50.6 Å². The van der Waals surface area contributed by atoms with Crippen molar-refractivity contribution in [1.29, 1.82) is 0 Å². The van der Waals surface area contributed by atoms with E-state index in [0.717, 1.165) is 25.0 Å². The van der Waals surface area contributed by atoms with Crippen LogP contribution in [0.4, 0.5) is 0 Å². The largest absolute Gasteiger partial charge is 0.324 e. The third kappa shape index (κ3) is 2.11. The van der Waals surface area contributed by atoms with Gasteiger partial charge >= 0.3 is 0 Å². The summed E-state index contributed by atoms with van der Waals surface area (Å²) in [5, 5.41) is 1.24. The summed E-state index contributed by atoms with van der Waals surface area (Å²) in [6, 6.07) is 4.49. The van der Waals surface area contributed by atoms with Crippen LogP contribution in [0.5, 0.6) is 0 Å². The minimum atomic E-state index is 0.0435. The van der Waals surface area contributed by atoms with E-state index in [0.29, 0.717) is 0 Å². The molecular weight excluding hydrogens is 246 g/mol. The van der Waals surface area contributed by atoms with Gasteiger partial charge in [-0.3, -0.25) is 4.98 Å². The standard InChI is InChI=1S/C17H23N3/c1-10-7-11(2)17-13(8-10)16(12(3)18)14-9-20(4)6-5-15(14)19-17/h7-8,12H,5-6,9,18H2,1-4H3. The van der Waals surface area contributed by atoms with Gasteiger partial charge in [0.25, 0.3) is 0 Å². The zero-order valence-electron chi connectivity index (χ0n) is 12.8. The van der Waals surface area contributed by atoms with Crippen molar-refractivity contribution in [2.24, 2.45) is 5.73 Å². The maximum Gasteiger partial charge on any atom is 0.0738 e. The quantitative estimate of drug-likeness (QED) is 0.865. The van der Waals surface area contributed by atoms with Crippen LogP contribution in [0.3, 0.4) is 0 Å². The van der Waals surface area contributed by atoms with Crippen molar-refractivity contribution < 1.29 is 0 Å². The molecule has 0 spiro atoms. The van der Waals surface area contributed by atoms with Crippen LogP contribution in [0.15, 0.2) is 12.1 Å². The van der Waals surface area contributed by atoms with E-state index in [-0.39, 0.29) is 6.04 Å². The molecule has 1 aromatic carbocycles. The Labute approximate surface area is 120 Å². The molecule has 0 saturated heterocycles. The fourth-order valence-corrected chi connectivity index (χ4v) is 3.38. The van der Waals surface area contributed by atoms with Crippen LogP contribution < -0.4 is 5.73 Å². The first-order valence-corrected chi connectivity index (χ1v) is 7.34.